The summed E-state index contributed by atoms with van der Waals surface area (Å²) in [6.45, 7) is 7.26. The zero-order valence-corrected chi connectivity index (χ0v) is 13.3. The average molecular weight is 370 g/mol. The second kappa shape index (κ2) is 5.83. The van der Waals surface area contributed by atoms with Crippen LogP contribution in [0.15, 0.2) is 0 Å². The summed E-state index contributed by atoms with van der Waals surface area (Å²) in [5, 5.41) is 0. The Bertz CT molecular complexity index is 332. The highest BCUT2D eigenvalue weighted by Gasteiger charge is 2.34. The minimum absolute atomic E-state index is 0.157. The Kier molecular flexibility index (Phi) is 5.13. The first-order chi connectivity index (χ1) is 8.10. The van der Waals surface area contributed by atoms with Crippen molar-refractivity contribution in [3.63, 3.8) is 0 Å². The number of carbonyl (C=O) groups excluding carboxylic acids is 2. The van der Waals surface area contributed by atoms with Crippen molar-refractivity contribution in [1.29, 1.82) is 0 Å². The van der Waals surface area contributed by atoms with Gasteiger partial charge in [-0.1, -0.05) is 22.6 Å². The molecule has 0 spiro atoms. The maximum absolute atomic E-state index is 11.6. The molecule has 1 rings (SSSR count). The number of hydrogen-bond acceptors (Lipinski definition) is 5. The number of carbonyl (C=O) groups is 2. The number of halogens is 1. The molecule has 0 N–H and O–H groups in total. The molecule has 1 saturated heterocycles. The molecule has 0 bridgehead atoms. The van der Waals surface area contributed by atoms with Crippen LogP contribution in [0.25, 0.3) is 0 Å². The van der Waals surface area contributed by atoms with Gasteiger partial charge in [-0.05, 0) is 27.7 Å². The van der Waals surface area contributed by atoms with E-state index in [1.807, 2.05) is 22.6 Å². The van der Waals surface area contributed by atoms with Crippen molar-refractivity contribution in [1.82, 2.24) is 0 Å². The summed E-state index contributed by atoms with van der Waals surface area (Å²) >= 11 is 1.97. The van der Waals surface area contributed by atoms with Gasteiger partial charge in [-0.25, -0.2) is 0 Å². The van der Waals surface area contributed by atoms with E-state index < -0.39 is 9.21 Å². The molecule has 0 aliphatic carbocycles. The zero-order valence-electron chi connectivity index (χ0n) is 11.1. The van der Waals surface area contributed by atoms with Crippen molar-refractivity contribution in [3.8, 4) is 0 Å². The lowest BCUT2D eigenvalue weighted by atomic mass is 10.2. The van der Waals surface area contributed by atoms with Gasteiger partial charge in [-0.15, -0.1) is 0 Å². The van der Waals surface area contributed by atoms with Crippen LogP contribution in [0.3, 0.4) is 0 Å². The van der Waals surface area contributed by atoms with Gasteiger partial charge < -0.3 is 14.2 Å². The molecule has 5 nitrogen and oxygen atoms in total. The minimum Gasteiger partial charge on any atom is -0.457 e. The van der Waals surface area contributed by atoms with E-state index in [0.717, 1.165) is 0 Å². The predicted molar refractivity (Wildman–Crippen MR) is 73.6 cm³/mol. The highest BCUT2D eigenvalue weighted by Crippen LogP contribution is 2.24. The van der Waals surface area contributed by atoms with Crippen molar-refractivity contribution in [2.45, 2.75) is 49.4 Å². The quantitative estimate of drug-likeness (QED) is 0.420. The topological polar surface area (TPSA) is 61.8 Å². The van der Waals surface area contributed by atoms with E-state index >= 15 is 0 Å². The van der Waals surface area contributed by atoms with Gasteiger partial charge in [0.2, 0.25) is 0 Å². The predicted octanol–water partition coefficient (Wildman–Crippen LogP) is 1.85. The molecular formula is C12H19IO5. The zero-order chi connectivity index (χ0) is 14.0. The number of alkyl halides is 1. The second-order valence-corrected chi connectivity index (χ2v) is 7.94. The number of hydrogen-bond donors (Lipinski definition) is 0. The third-order valence-corrected chi connectivity index (χ3v) is 2.81. The Hall–Kier alpha value is -0.210. The molecule has 1 unspecified atom stereocenters. The van der Waals surface area contributed by atoms with Crippen molar-refractivity contribution in [3.05, 3.63) is 0 Å². The first kappa shape index (κ1) is 15.8. The van der Waals surface area contributed by atoms with E-state index in [1.54, 1.807) is 27.7 Å². The van der Waals surface area contributed by atoms with Gasteiger partial charge in [-0.3, -0.25) is 9.59 Å². The largest absolute Gasteiger partial charge is 0.457 e. The van der Waals surface area contributed by atoms with Crippen LogP contribution in [0.1, 0.15) is 34.1 Å². The van der Waals surface area contributed by atoms with Crippen LogP contribution in [-0.4, -0.2) is 40.3 Å². The molecule has 0 amide bonds. The Morgan fingerprint density at radius 1 is 1.44 bits per heavy atom. The van der Waals surface area contributed by atoms with Gasteiger partial charge in [0.1, 0.15) is 10.0 Å². The summed E-state index contributed by atoms with van der Waals surface area (Å²) in [5.74, 6) is -1.18. The lowest BCUT2D eigenvalue weighted by molar-refractivity contribution is -0.152. The molecule has 104 valence electrons. The standard InChI is InChI=1S/C12H19IO5/c1-11(2,13)10(15)16-6-8(14)5-9-7-17-12(3,4)18-9/h9H,5-7H2,1-4H3. The first-order valence-corrected chi connectivity index (χ1v) is 6.88. The average Bonchev–Trinajstić information content (AvgIpc) is 2.53. The van der Waals surface area contributed by atoms with Gasteiger partial charge in [0.25, 0.3) is 0 Å². The third kappa shape index (κ3) is 5.19. The fraction of sp³-hybridized carbons (Fsp3) is 0.833. The second-order valence-electron chi connectivity index (χ2n) is 5.24. The SMILES string of the molecule is CC1(C)OCC(CC(=O)COC(=O)C(C)(C)I)O1. The highest BCUT2D eigenvalue weighted by molar-refractivity contribution is 14.1. The lowest BCUT2D eigenvalue weighted by Crippen LogP contribution is -2.30. The Morgan fingerprint density at radius 2 is 2.06 bits per heavy atom. The molecule has 0 saturated carbocycles. The van der Waals surface area contributed by atoms with E-state index in [9.17, 15) is 9.59 Å². The van der Waals surface area contributed by atoms with Crippen LogP contribution < -0.4 is 0 Å². The Morgan fingerprint density at radius 3 is 2.50 bits per heavy atom. The van der Waals surface area contributed by atoms with Crippen LogP contribution in [0.5, 0.6) is 0 Å². The van der Waals surface area contributed by atoms with E-state index in [2.05, 4.69) is 0 Å². The van der Waals surface area contributed by atoms with Crippen molar-refractivity contribution >= 4 is 34.3 Å². The monoisotopic (exact) mass is 370 g/mol. The van der Waals surface area contributed by atoms with Crippen LogP contribution >= 0.6 is 22.6 Å². The van der Waals surface area contributed by atoms with Gasteiger partial charge in [0, 0.05) is 6.42 Å². The fourth-order valence-electron chi connectivity index (χ4n) is 1.49. The Balaban J connectivity index is 2.29. The molecule has 0 radical (unpaired) electrons. The van der Waals surface area contributed by atoms with E-state index in [4.69, 9.17) is 14.2 Å². The van der Waals surface area contributed by atoms with E-state index in [1.165, 1.54) is 0 Å². The molecule has 6 heteroatoms. The molecule has 1 aliphatic heterocycles. The number of ether oxygens (including phenoxy) is 3. The molecule has 1 aliphatic rings. The molecule has 1 atom stereocenters. The van der Waals surface area contributed by atoms with Gasteiger partial charge in [-0.2, -0.15) is 0 Å². The van der Waals surface area contributed by atoms with Crippen molar-refractivity contribution in [2.24, 2.45) is 0 Å². The molecule has 0 aromatic carbocycles. The maximum atomic E-state index is 11.6. The first-order valence-electron chi connectivity index (χ1n) is 5.80. The summed E-state index contributed by atoms with van der Waals surface area (Å²) in [5.41, 5.74) is 0. The van der Waals surface area contributed by atoms with E-state index in [0.29, 0.717) is 6.61 Å². The fourth-order valence-corrected chi connectivity index (χ4v) is 1.65. The normalized spacial score (nSPS) is 22.8. The van der Waals surface area contributed by atoms with Crippen LogP contribution in [0, 0.1) is 0 Å². The smallest absolute Gasteiger partial charge is 0.321 e. The number of rotatable bonds is 5. The van der Waals surface area contributed by atoms with Crippen LogP contribution in [-0.2, 0) is 23.8 Å². The van der Waals surface area contributed by atoms with Crippen molar-refractivity contribution < 1.29 is 23.8 Å². The molecular weight excluding hydrogens is 351 g/mol. The number of Topliss-reactive ketones (excluding diaryl/α,β-unsaturated/α-hetero) is 1. The number of esters is 1. The molecule has 18 heavy (non-hydrogen) atoms. The maximum Gasteiger partial charge on any atom is 0.321 e. The molecule has 1 heterocycles. The van der Waals surface area contributed by atoms with Crippen LogP contribution in [0.2, 0.25) is 0 Å². The Labute approximate surface area is 121 Å². The summed E-state index contributed by atoms with van der Waals surface area (Å²) in [6, 6.07) is 0. The summed E-state index contributed by atoms with van der Waals surface area (Å²) in [4.78, 5) is 23.1. The molecule has 0 aromatic rings. The van der Waals surface area contributed by atoms with Crippen molar-refractivity contribution in [2.75, 3.05) is 13.2 Å². The third-order valence-electron chi connectivity index (χ3n) is 2.37. The van der Waals surface area contributed by atoms with Crippen LogP contribution in [0.4, 0.5) is 0 Å². The summed E-state index contributed by atoms with van der Waals surface area (Å²) in [6.07, 6.45) is -0.0444. The molecule has 0 aromatic heterocycles. The molecule has 1 fully saturated rings. The van der Waals surface area contributed by atoms with Gasteiger partial charge >= 0.3 is 5.97 Å². The summed E-state index contributed by atoms with van der Waals surface area (Å²) < 4.78 is 15.2. The minimum atomic E-state index is -0.633. The highest BCUT2D eigenvalue weighted by atomic mass is 127. The van der Waals surface area contributed by atoms with Gasteiger partial charge in [0.15, 0.2) is 11.6 Å². The number of ketones is 1. The summed E-state index contributed by atoms with van der Waals surface area (Å²) in [7, 11) is 0. The van der Waals surface area contributed by atoms with Gasteiger partial charge in [0.05, 0.1) is 12.7 Å². The van der Waals surface area contributed by atoms with E-state index in [-0.39, 0.29) is 30.9 Å². The lowest BCUT2D eigenvalue weighted by Gasteiger charge is -2.17.